The van der Waals surface area contributed by atoms with E-state index in [0.717, 1.165) is 5.56 Å². The van der Waals surface area contributed by atoms with Crippen LogP contribution in [0.5, 0.6) is 0 Å². The van der Waals surface area contributed by atoms with Crippen molar-refractivity contribution in [2.75, 3.05) is 11.5 Å². The lowest BCUT2D eigenvalue weighted by Gasteiger charge is -2.00. The fourth-order valence-electron chi connectivity index (χ4n) is 0.609. The molecule has 1 rings (SSSR count). The van der Waals surface area contributed by atoms with E-state index in [4.69, 9.17) is 23.1 Å². The van der Waals surface area contributed by atoms with Gasteiger partial charge in [0, 0.05) is 0 Å². The average molecular weight is 158 g/mol. The molecule has 0 aliphatic rings. The summed E-state index contributed by atoms with van der Waals surface area (Å²) < 4.78 is 0. The SMILES string of the molecule is Cc1cc(Cl)c(N)nc1N. The van der Waals surface area contributed by atoms with Crippen molar-refractivity contribution < 1.29 is 0 Å². The lowest BCUT2D eigenvalue weighted by Crippen LogP contribution is -1.98. The maximum absolute atomic E-state index is 5.64. The normalized spacial score (nSPS) is 9.80. The van der Waals surface area contributed by atoms with Crippen LogP contribution >= 0.6 is 11.6 Å². The second-order valence-electron chi connectivity index (χ2n) is 2.06. The molecule has 0 spiro atoms. The Labute approximate surface area is 64.0 Å². The zero-order valence-electron chi connectivity index (χ0n) is 5.56. The van der Waals surface area contributed by atoms with E-state index in [9.17, 15) is 0 Å². The van der Waals surface area contributed by atoms with Crippen LogP contribution in [-0.2, 0) is 0 Å². The number of halogens is 1. The maximum atomic E-state index is 5.64. The number of hydrogen-bond donors (Lipinski definition) is 2. The van der Waals surface area contributed by atoms with Gasteiger partial charge in [-0.3, -0.25) is 0 Å². The summed E-state index contributed by atoms with van der Waals surface area (Å²) in [6.07, 6.45) is 0. The molecule has 0 radical (unpaired) electrons. The Bertz CT molecular complexity index is 209. The van der Waals surface area contributed by atoms with Gasteiger partial charge in [-0.15, -0.1) is 0 Å². The molecule has 1 aromatic rings. The summed E-state index contributed by atoms with van der Waals surface area (Å²) in [4.78, 5) is 3.80. The Hall–Kier alpha value is -0.960. The van der Waals surface area contributed by atoms with Gasteiger partial charge in [-0.1, -0.05) is 11.6 Å². The van der Waals surface area contributed by atoms with Gasteiger partial charge in [0.1, 0.15) is 11.6 Å². The molecular weight excluding hydrogens is 150 g/mol. The van der Waals surface area contributed by atoms with Crippen molar-refractivity contribution >= 4 is 23.2 Å². The van der Waals surface area contributed by atoms with E-state index in [1.807, 2.05) is 6.92 Å². The molecule has 0 saturated heterocycles. The minimum Gasteiger partial charge on any atom is -0.383 e. The highest BCUT2D eigenvalue weighted by atomic mass is 35.5. The number of hydrogen-bond acceptors (Lipinski definition) is 3. The number of nitrogens with two attached hydrogens (primary N) is 2. The number of rotatable bonds is 0. The molecule has 0 fully saturated rings. The minimum atomic E-state index is 0.282. The quantitative estimate of drug-likeness (QED) is 0.595. The van der Waals surface area contributed by atoms with Crippen LogP contribution < -0.4 is 11.5 Å². The highest BCUT2D eigenvalue weighted by Gasteiger charge is 2.00. The van der Waals surface area contributed by atoms with E-state index in [-0.39, 0.29) is 5.82 Å². The molecule has 0 saturated carbocycles. The lowest BCUT2D eigenvalue weighted by molar-refractivity contribution is 1.29. The summed E-state index contributed by atoms with van der Waals surface area (Å²) in [5.41, 5.74) is 11.7. The number of aryl methyl sites for hydroxylation is 1. The van der Waals surface area contributed by atoms with Crippen molar-refractivity contribution in [3.05, 3.63) is 16.7 Å². The second kappa shape index (κ2) is 2.34. The molecule has 0 amide bonds. The summed E-state index contributed by atoms with van der Waals surface area (Å²) in [7, 11) is 0. The van der Waals surface area contributed by atoms with Crippen molar-refractivity contribution in [3.8, 4) is 0 Å². The van der Waals surface area contributed by atoms with Crippen molar-refractivity contribution in [3.63, 3.8) is 0 Å². The van der Waals surface area contributed by atoms with Crippen LogP contribution in [0.15, 0.2) is 6.07 Å². The topological polar surface area (TPSA) is 64.9 Å². The largest absolute Gasteiger partial charge is 0.383 e. The molecule has 0 bridgehead atoms. The summed E-state index contributed by atoms with van der Waals surface area (Å²) in [5.74, 6) is 0.715. The van der Waals surface area contributed by atoms with E-state index in [0.29, 0.717) is 10.8 Å². The fraction of sp³-hybridized carbons (Fsp3) is 0.167. The summed E-state index contributed by atoms with van der Waals surface area (Å²) in [5, 5.41) is 0.451. The number of nitrogen functional groups attached to an aromatic ring is 2. The fourth-order valence-corrected chi connectivity index (χ4v) is 0.815. The molecule has 54 valence electrons. The monoisotopic (exact) mass is 157 g/mol. The van der Waals surface area contributed by atoms with Gasteiger partial charge in [-0.05, 0) is 18.6 Å². The molecular formula is C6H8ClN3. The van der Waals surface area contributed by atoms with Gasteiger partial charge in [0.15, 0.2) is 0 Å². The predicted octanol–water partition coefficient (Wildman–Crippen LogP) is 1.21. The van der Waals surface area contributed by atoms with Gasteiger partial charge < -0.3 is 11.5 Å². The summed E-state index contributed by atoms with van der Waals surface area (Å²) in [6, 6.07) is 1.69. The van der Waals surface area contributed by atoms with Crippen molar-refractivity contribution in [2.24, 2.45) is 0 Å². The van der Waals surface area contributed by atoms with E-state index in [1.54, 1.807) is 6.07 Å². The highest BCUT2D eigenvalue weighted by Crippen LogP contribution is 2.20. The van der Waals surface area contributed by atoms with Gasteiger partial charge in [0.05, 0.1) is 5.02 Å². The van der Waals surface area contributed by atoms with E-state index >= 15 is 0 Å². The number of nitrogens with zero attached hydrogens (tertiary/aromatic N) is 1. The zero-order valence-corrected chi connectivity index (χ0v) is 6.31. The average Bonchev–Trinajstić information content (AvgIpc) is 1.84. The molecule has 10 heavy (non-hydrogen) atoms. The first-order valence-electron chi connectivity index (χ1n) is 2.79. The van der Waals surface area contributed by atoms with E-state index in [1.165, 1.54) is 0 Å². The Morgan fingerprint density at radius 3 is 2.50 bits per heavy atom. The summed E-state index contributed by atoms with van der Waals surface area (Å²) in [6.45, 7) is 1.83. The van der Waals surface area contributed by atoms with Crippen LogP contribution in [0.25, 0.3) is 0 Å². The second-order valence-corrected chi connectivity index (χ2v) is 2.46. The first-order valence-corrected chi connectivity index (χ1v) is 3.17. The van der Waals surface area contributed by atoms with Crippen molar-refractivity contribution in [2.45, 2.75) is 6.92 Å². The number of anilines is 2. The molecule has 0 aromatic carbocycles. The molecule has 4 N–H and O–H groups in total. The smallest absolute Gasteiger partial charge is 0.144 e. The van der Waals surface area contributed by atoms with Gasteiger partial charge in [-0.2, -0.15) is 0 Å². The third kappa shape index (κ3) is 1.14. The van der Waals surface area contributed by atoms with Crippen molar-refractivity contribution in [1.29, 1.82) is 0 Å². The Morgan fingerprint density at radius 1 is 1.40 bits per heavy atom. The molecule has 4 heteroatoms. The predicted molar refractivity (Wildman–Crippen MR) is 42.8 cm³/mol. The third-order valence-corrected chi connectivity index (χ3v) is 1.54. The lowest BCUT2D eigenvalue weighted by atomic mass is 10.3. The Balaban J connectivity index is 3.28. The molecule has 0 unspecified atom stereocenters. The van der Waals surface area contributed by atoms with Gasteiger partial charge in [0.2, 0.25) is 0 Å². The maximum Gasteiger partial charge on any atom is 0.144 e. The summed E-state index contributed by atoms with van der Waals surface area (Å²) >= 11 is 5.64. The Kier molecular flexibility index (Phi) is 1.68. The zero-order chi connectivity index (χ0) is 7.72. The number of pyridine rings is 1. The van der Waals surface area contributed by atoms with Crippen molar-refractivity contribution in [1.82, 2.24) is 4.98 Å². The van der Waals surface area contributed by atoms with Crippen LogP contribution in [0.4, 0.5) is 11.6 Å². The van der Waals surface area contributed by atoms with E-state index in [2.05, 4.69) is 4.98 Å². The van der Waals surface area contributed by atoms with E-state index < -0.39 is 0 Å². The number of aromatic nitrogens is 1. The minimum absolute atomic E-state index is 0.282. The molecule has 0 aliphatic heterocycles. The van der Waals surface area contributed by atoms with Gasteiger partial charge in [-0.25, -0.2) is 4.98 Å². The Morgan fingerprint density at radius 2 is 2.00 bits per heavy atom. The molecule has 1 aromatic heterocycles. The van der Waals surface area contributed by atoms with Crippen LogP contribution in [0.2, 0.25) is 5.02 Å². The highest BCUT2D eigenvalue weighted by molar-refractivity contribution is 6.32. The first-order chi connectivity index (χ1) is 4.61. The molecule has 3 nitrogen and oxygen atoms in total. The van der Waals surface area contributed by atoms with Gasteiger partial charge >= 0.3 is 0 Å². The molecule has 0 atom stereocenters. The van der Waals surface area contributed by atoms with Crippen LogP contribution in [-0.4, -0.2) is 4.98 Å². The van der Waals surface area contributed by atoms with Crippen LogP contribution in [0.3, 0.4) is 0 Å². The molecule has 1 heterocycles. The third-order valence-electron chi connectivity index (χ3n) is 1.23. The molecule has 0 aliphatic carbocycles. The standard InChI is InChI=1S/C6H8ClN3/c1-3-2-4(7)6(9)10-5(3)8/h2H,1H3,(H4,8,9,10). The first kappa shape index (κ1) is 7.15. The van der Waals surface area contributed by atoms with Crippen LogP contribution in [0, 0.1) is 6.92 Å². The van der Waals surface area contributed by atoms with Crippen LogP contribution in [0.1, 0.15) is 5.56 Å². The van der Waals surface area contributed by atoms with Gasteiger partial charge in [0.25, 0.3) is 0 Å².